The van der Waals surface area contributed by atoms with Crippen LogP contribution in [0.5, 0.6) is 0 Å². The molecule has 1 rings (SSSR count). The van der Waals surface area contributed by atoms with E-state index in [1.807, 2.05) is 6.92 Å². The average molecular weight is 199 g/mol. The second kappa shape index (κ2) is 5.86. The highest BCUT2D eigenvalue weighted by Crippen LogP contribution is 2.01. The molecule has 0 saturated heterocycles. The maximum absolute atomic E-state index is 8.99. The minimum absolute atomic E-state index is 0.210. The van der Waals surface area contributed by atoms with E-state index in [4.69, 9.17) is 5.11 Å². The summed E-state index contributed by atoms with van der Waals surface area (Å²) in [5, 5.41) is 15.5. The Morgan fingerprint density at radius 3 is 3.00 bits per heavy atom. The molecule has 0 aromatic carbocycles. The fraction of sp³-hybridized carbons (Fsp3) is 0.900. The molecule has 0 bridgehead atoms. The smallest absolute Gasteiger partial charge is 0.191 e. The zero-order chi connectivity index (χ0) is 10.4. The maximum Gasteiger partial charge on any atom is 0.191 e. The van der Waals surface area contributed by atoms with Crippen LogP contribution in [0.3, 0.4) is 0 Å². The fourth-order valence-corrected chi connectivity index (χ4v) is 1.30. The molecular weight excluding hydrogens is 178 g/mol. The molecule has 0 aromatic heterocycles. The van der Waals surface area contributed by atoms with E-state index in [1.165, 1.54) is 6.42 Å². The molecule has 3 N–H and O–H groups in total. The summed E-state index contributed by atoms with van der Waals surface area (Å²) in [6.07, 6.45) is 2.33. The van der Waals surface area contributed by atoms with Crippen LogP contribution in [0.2, 0.25) is 0 Å². The van der Waals surface area contributed by atoms with Gasteiger partial charge in [0.05, 0.1) is 0 Å². The number of hydrogen-bond donors (Lipinski definition) is 3. The van der Waals surface area contributed by atoms with Crippen molar-refractivity contribution in [3.05, 3.63) is 0 Å². The normalized spacial score (nSPS) is 21.5. The summed E-state index contributed by atoms with van der Waals surface area (Å²) in [4.78, 5) is 4.39. The molecule has 0 fully saturated rings. The van der Waals surface area contributed by atoms with Crippen LogP contribution in [0.25, 0.3) is 0 Å². The van der Waals surface area contributed by atoms with Crippen LogP contribution in [-0.2, 0) is 0 Å². The standard InChI is InChI=1S/C10H21N3O/c1-8(7-14)9(2)13-10-11-5-3-4-6-12-10/h8-9,14H,3-7H2,1-2H3,(H2,11,12,13). The van der Waals surface area contributed by atoms with Gasteiger partial charge in [0.25, 0.3) is 0 Å². The van der Waals surface area contributed by atoms with E-state index in [-0.39, 0.29) is 18.6 Å². The van der Waals surface area contributed by atoms with Gasteiger partial charge < -0.3 is 15.7 Å². The molecule has 1 heterocycles. The number of aliphatic hydroxyl groups excluding tert-OH is 1. The second-order valence-corrected chi connectivity index (χ2v) is 3.96. The molecule has 0 aromatic rings. The van der Waals surface area contributed by atoms with Crippen molar-refractivity contribution in [2.45, 2.75) is 32.7 Å². The van der Waals surface area contributed by atoms with E-state index < -0.39 is 0 Å². The van der Waals surface area contributed by atoms with E-state index in [0.717, 1.165) is 25.5 Å². The lowest BCUT2D eigenvalue weighted by Gasteiger charge is -2.21. The molecule has 0 amide bonds. The van der Waals surface area contributed by atoms with Gasteiger partial charge in [-0.3, -0.25) is 4.99 Å². The van der Waals surface area contributed by atoms with Crippen molar-refractivity contribution in [3.63, 3.8) is 0 Å². The first-order chi connectivity index (χ1) is 6.74. The Bertz CT molecular complexity index is 194. The van der Waals surface area contributed by atoms with Gasteiger partial charge in [-0.05, 0) is 25.7 Å². The van der Waals surface area contributed by atoms with Gasteiger partial charge in [0, 0.05) is 25.7 Å². The zero-order valence-electron chi connectivity index (χ0n) is 9.08. The minimum atomic E-state index is 0.210. The molecular formula is C10H21N3O. The highest BCUT2D eigenvalue weighted by atomic mass is 16.3. The third-order valence-electron chi connectivity index (χ3n) is 2.65. The number of aliphatic imine (C=N–C) groups is 1. The highest BCUT2D eigenvalue weighted by molar-refractivity contribution is 5.80. The van der Waals surface area contributed by atoms with Crippen LogP contribution in [0.1, 0.15) is 26.7 Å². The van der Waals surface area contributed by atoms with Crippen molar-refractivity contribution in [1.29, 1.82) is 0 Å². The van der Waals surface area contributed by atoms with E-state index in [1.54, 1.807) is 0 Å². The van der Waals surface area contributed by atoms with Gasteiger partial charge in [-0.25, -0.2) is 0 Å². The Balaban J connectivity index is 2.37. The molecule has 4 heteroatoms. The number of nitrogens with one attached hydrogen (secondary N) is 2. The van der Waals surface area contributed by atoms with Crippen molar-refractivity contribution < 1.29 is 5.11 Å². The zero-order valence-corrected chi connectivity index (χ0v) is 9.08. The van der Waals surface area contributed by atoms with Gasteiger partial charge >= 0.3 is 0 Å². The lowest BCUT2D eigenvalue weighted by Crippen LogP contribution is -2.45. The second-order valence-electron chi connectivity index (χ2n) is 3.96. The molecule has 4 nitrogen and oxygen atoms in total. The maximum atomic E-state index is 8.99. The summed E-state index contributed by atoms with van der Waals surface area (Å²) in [6.45, 7) is 6.19. The Kier molecular flexibility index (Phi) is 4.73. The summed E-state index contributed by atoms with van der Waals surface area (Å²) >= 11 is 0. The van der Waals surface area contributed by atoms with Crippen molar-refractivity contribution in [2.24, 2.45) is 10.9 Å². The van der Waals surface area contributed by atoms with Crippen LogP contribution in [0.4, 0.5) is 0 Å². The van der Waals surface area contributed by atoms with Gasteiger partial charge in [-0.15, -0.1) is 0 Å². The topological polar surface area (TPSA) is 56.6 Å². The number of guanidine groups is 1. The molecule has 1 aliphatic rings. The average Bonchev–Trinajstić information content (AvgIpc) is 2.45. The van der Waals surface area contributed by atoms with Crippen molar-refractivity contribution >= 4 is 5.96 Å². The van der Waals surface area contributed by atoms with Gasteiger partial charge in [0.15, 0.2) is 5.96 Å². The van der Waals surface area contributed by atoms with Crippen LogP contribution in [0, 0.1) is 5.92 Å². The molecule has 14 heavy (non-hydrogen) atoms. The molecule has 2 unspecified atom stereocenters. The monoisotopic (exact) mass is 199 g/mol. The third-order valence-corrected chi connectivity index (χ3v) is 2.65. The summed E-state index contributed by atoms with van der Waals surface area (Å²) < 4.78 is 0. The lowest BCUT2D eigenvalue weighted by molar-refractivity contribution is 0.215. The van der Waals surface area contributed by atoms with Crippen LogP contribution in [-0.4, -0.2) is 36.8 Å². The quantitative estimate of drug-likeness (QED) is 0.614. The Morgan fingerprint density at radius 2 is 2.29 bits per heavy atom. The van der Waals surface area contributed by atoms with Crippen molar-refractivity contribution in [2.75, 3.05) is 19.7 Å². The predicted octanol–water partition coefficient (Wildman–Crippen LogP) is 0.332. The van der Waals surface area contributed by atoms with Crippen LogP contribution >= 0.6 is 0 Å². The molecule has 0 radical (unpaired) electrons. The van der Waals surface area contributed by atoms with Crippen LogP contribution < -0.4 is 10.6 Å². The fourth-order valence-electron chi connectivity index (χ4n) is 1.30. The highest BCUT2D eigenvalue weighted by Gasteiger charge is 2.12. The largest absolute Gasteiger partial charge is 0.396 e. The Morgan fingerprint density at radius 1 is 1.50 bits per heavy atom. The molecule has 82 valence electrons. The van der Waals surface area contributed by atoms with E-state index in [0.29, 0.717) is 0 Å². The Labute approximate surface area is 85.8 Å². The predicted molar refractivity (Wildman–Crippen MR) is 58.4 cm³/mol. The van der Waals surface area contributed by atoms with Crippen LogP contribution in [0.15, 0.2) is 4.99 Å². The minimum Gasteiger partial charge on any atom is -0.396 e. The lowest BCUT2D eigenvalue weighted by atomic mass is 10.1. The molecule has 0 spiro atoms. The first-order valence-electron chi connectivity index (χ1n) is 5.39. The summed E-state index contributed by atoms with van der Waals surface area (Å²) in [5.74, 6) is 1.14. The first-order valence-corrected chi connectivity index (χ1v) is 5.39. The summed E-state index contributed by atoms with van der Waals surface area (Å²) in [7, 11) is 0. The Hall–Kier alpha value is -0.770. The molecule has 2 atom stereocenters. The summed E-state index contributed by atoms with van der Waals surface area (Å²) in [6, 6.07) is 0.254. The van der Waals surface area contributed by atoms with Crippen molar-refractivity contribution in [3.8, 4) is 0 Å². The van der Waals surface area contributed by atoms with Crippen molar-refractivity contribution in [1.82, 2.24) is 10.6 Å². The van der Waals surface area contributed by atoms with E-state index in [9.17, 15) is 0 Å². The number of hydrogen-bond acceptors (Lipinski definition) is 4. The van der Waals surface area contributed by atoms with Gasteiger partial charge in [-0.2, -0.15) is 0 Å². The van der Waals surface area contributed by atoms with E-state index >= 15 is 0 Å². The number of rotatable bonds is 3. The SMILES string of the molecule is CC(CO)C(C)NC1=NCCCCN1. The number of nitrogens with zero attached hydrogens (tertiary/aromatic N) is 1. The number of aliphatic hydroxyl groups is 1. The van der Waals surface area contributed by atoms with Gasteiger partial charge in [0.1, 0.15) is 0 Å². The van der Waals surface area contributed by atoms with Gasteiger partial charge in [0.2, 0.25) is 0 Å². The first kappa shape index (κ1) is 11.3. The molecule has 0 saturated carbocycles. The van der Waals surface area contributed by atoms with Gasteiger partial charge in [-0.1, -0.05) is 6.92 Å². The molecule has 0 aliphatic carbocycles. The third kappa shape index (κ3) is 3.54. The summed E-state index contributed by atoms with van der Waals surface area (Å²) in [5.41, 5.74) is 0. The van der Waals surface area contributed by atoms with E-state index in [2.05, 4.69) is 22.5 Å². The molecule has 1 aliphatic heterocycles.